The first-order valence-corrected chi connectivity index (χ1v) is 53.7. The number of nitriles is 1. The molecule has 147 heavy (non-hydrogen) atoms. The second-order valence-corrected chi connectivity index (χ2v) is 42.1. The number of benzene rings is 12. The molecule has 20 rings (SSSR count). The molecule has 8 aromatic heterocycles. The van der Waals surface area contributed by atoms with Crippen LogP contribution < -0.4 is 109 Å². The van der Waals surface area contributed by atoms with Crippen LogP contribution in [0.25, 0.3) is 112 Å². The Labute approximate surface area is 901 Å². The molecule has 0 saturated carbocycles. The van der Waals surface area contributed by atoms with E-state index in [2.05, 4.69) is 19.9 Å². The zero-order valence-electron chi connectivity index (χ0n) is 78.7. The molecule has 0 bridgehead atoms. The maximum absolute atomic E-state index is 12.9. The quantitative estimate of drug-likeness (QED) is 0.0134. The van der Waals surface area contributed by atoms with Gasteiger partial charge in [-0.15, -0.1) is 0 Å². The van der Waals surface area contributed by atoms with Crippen molar-refractivity contribution in [1.82, 2.24) is 58.4 Å². The van der Waals surface area contributed by atoms with E-state index in [9.17, 15) is 72.4 Å². The van der Waals surface area contributed by atoms with Gasteiger partial charge in [-0.3, -0.25) is 38.4 Å². The van der Waals surface area contributed by atoms with Crippen molar-refractivity contribution in [3.8, 4) is 119 Å². The third-order valence-corrected chi connectivity index (χ3v) is 25.5. The van der Waals surface area contributed by atoms with Crippen molar-refractivity contribution in [3.05, 3.63) is 450 Å². The van der Waals surface area contributed by atoms with Gasteiger partial charge in [-0.25, -0.2) is 27.2 Å². The van der Waals surface area contributed by atoms with Gasteiger partial charge in [0.2, 0.25) is 0 Å². The third kappa shape index (κ3) is 26.3. The van der Waals surface area contributed by atoms with E-state index in [1.54, 1.807) is 123 Å². The minimum Gasteiger partial charge on any atom is -0.769 e. The predicted octanol–water partition coefficient (Wildman–Crippen LogP) is 15.7. The van der Waals surface area contributed by atoms with Crippen LogP contribution in [-0.2, 0) is 43.9 Å². The van der Waals surface area contributed by atoms with Gasteiger partial charge in [-0.2, -0.15) is 25.7 Å². The van der Waals surface area contributed by atoms with Crippen LogP contribution in [-0.4, -0.2) is 99.8 Å². The third-order valence-electron chi connectivity index (χ3n) is 22.4. The summed E-state index contributed by atoms with van der Waals surface area (Å²) in [4.78, 5) is 117. The Kier molecular flexibility index (Phi) is 33.8. The molecule has 728 valence electrons. The normalized spacial score (nSPS) is 12.7. The molecule has 0 aliphatic rings. The number of aromatic nitrogens is 12. The van der Waals surface area contributed by atoms with E-state index >= 15 is 0 Å². The van der Waals surface area contributed by atoms with E-state index in [1.807, 2.05) is 176 Å². The molecule has 0 amide bonds. The summed E-state index contributed by atoms with van der Waals surface area (Å²) in [5.74, 6) is 0.00166. The summed E-state index contributed by atoms with van der Waals surface area (Å²) in [6, 6.07) is 97.0. The standard InChI is InChI=1S/C27H20ClN4O4P.C26H20ClN4O6P.2C26H21ClN3O4P.2Na/c1-37(34,35)36-24-14-18(16-29)7-12-21(24)23-15-25(33)30-27-26(19-8-10-20(28)11-9-19)22(31-32(23)27)13-17-5-3-2-4-6-17;1-38(35,36)37-23-14-19(31(33)34)11-12-20(23)22-15-24(32)28-26-25(17-7-9-18(27)10-8-17)21(29-30(22)26)13-16-5-3-2-4-6-16;2*1-35(32,33)34-23-10-6-5-9-20(23)22-16-24(31)28-26-25(18-11-13-19(27)14-12-18)21(29-30(22)26)15-17-7-3-2-4-8-17;;/h2-12,14-15H,13H2,1H3,(H,30,33)(H,34,35);2-12,14-15H,13H2,1H3,(H,28,32)(H,35,36);2*2-14,16H,15H2,1H3,(H,28,31)(H,32,33);;/q;;;;2*+1/p-2. The zero-order chi connectivity index (χ0) is 102. The number of halogens is 4. The Morgan fingerprint density at radius 1 is 0.340 bits per heavy atom. The van der Waals surface area contributed by atoms with E-state index in [0.29, 0.717) is 119 Å². The van der Waals surface area contributed by atoms with E-state index in [0.717, 1.165) is 105 Å². The van der Waals surface area contributed by atoms with Crippen LogP contribution in [0.1, 0.15) is 50.6 Å². The maximum atomic E-state index is 12.9. The molecule has 0 aliphatic carbocycles. The molecule has 0 spiro atoms. The smallest absolute Gasteiger partial charge is 0.769 e. The number of hydrogen-bond acceptors (Lipinski definition) is 21. The molecule has 4 unspecified atom stereocenters. The van der Waals surface area contributed by atoms with E-state index < -0.39 is 46.4 Å². The minimum atomic E-state index is -4.36. The number of non-ortho nitro benzene ring substituents is 1. The summed E-state index contributed by atoms with van der Waals surface area (Å²) in [5, 5.41) is 42.4. The van der Waals surface area contributed by atoms with Gasteiger partial charge in [0.25, 0.3) is 27.9 Å². The van der Waals surface area contributed by atoms with Gasteiger partial charge < -0.3 is 57.6 Å². The topological polar surface area (TPSA) is 459 Å². The summed E-state index contributed by atoms with van der Waals surface area (Å²) in [6.07, 6.45) is 1.96. The summed E-state index contributed by atoms with van der Waals surface area (Å²) in [5.41, 5.74) is 15.9. The zero-order valence-corrected chi connectivity index (χ0v) is 89.3. The first-order valence-electron chi connectivity index (χ1n) is 44.1. The fraction of sp³-hybridized carbons (Fsp3) is 0.0762. The number of para-hydroxylation sites is 2. The van der Waals surface area contributed by atoms with Crippen LogP contribution in [0.5, 0.6) is 23.0 Å². The van der Waals surface area contributed by atoms with Crippen LogP contribution in [0.3, 0.4) is 0 Å². The van der Waals surface area contributed by atoms with E-state index in [1.165, 1.54) is 47.0 Å². The van der Waals surface area contributed by atoms with Crippen molar-refractivity contribution in [2.75, 3.05) is 26.7 Å². The van der Waals surface area contributed by atoms with Gasteiger partial charge >= 0.3 is 74.3 Å². The van der Waals surface area contributed by atoms with Gasteiger partial charge in [0, 0.05) is 147 Å². The molecular formula is C105H80Cl4N14Na2O18P4. The van der Waals surface area contributed by atoms with Gasteiger partial charge in [0.05, 0.1) is 68.2 Å². The van der Waals surface area contributed by atoms with Crippen LogP contribution >= 0.6 is 76.8 Å². The molecule has 8 heterocycles. The molecule has 6 N–H and O–H groups in total. The number of hydrogen-bond donors (Lipinski definition) is 6. The van der Waals surface area contributed by atoms with Crippen LogP contribution in [0.15, 0.2) is 347 Å². The van der Waals surface area contributed by atoms with Gasteiger partial charge in [-0.05, 0) is 142 Å². The summed E-state index contributed by atoms with van der Waals surface area (Å²) < 4.78 is 75.4. The summed E-state index contributed by atoms with van der Waals surface area (Å²) in [6.45, 7) is 4.02. The van der Waals surface area contributed by atoms with Crippen molar-refractivity contribution >= 4 is 105 Å². The fourth-order valence-electron chi connectivity index (χ4n) is 16.5. The molecular weight excluding hydrogens is 2060 g/mol. The first kappa shape index (κ1) is 108. The monoisotopic (exact) mass is 2130 g/mol. The molecule has 0 fully saturated rings. The largest absolute Gasteiger partial charge is 1.00 e. The Balaban J connectivity index is 0.000000146. The van der Waals surface area contributed by atoms with Crippen LogP contribution in [0.2, 0.25) is 20.1 Å². The number of fused-ring (bicyclic) bond motifs is 4. The number of rotatable bonds is 25. The Morgan fingerprint density at radius 3 is 0.857 bits per heavy atom. The number of nitro groups is 1. The van der Waals surface area contributed by atoms with Crippen LogP contribution in [0, 0.1) is 21.4 Å². The second kappa shape index (κ2) is 46.2. The molecule has 32 nitrogen and oxygen atoms in total. The molecule has 0 aliphatic heterocycles. The Bertz CT molecular complexity index is 8600. The molecule has 42 heteroatoms. The fourth-order valence-corrected chi connectivity index (χ4v) is 19.1. The van der Waals surface area contributed by atoms with Crippen molar-refractivity contribution in [2.24, 2.45) is 0 Å². The Hall–Kier alpha value is -13.7. The summed E-state index contributed by atoms with van der Waals surface area (Å²) >= 11 is 24.5. The maximum Gasteiger partial charge on any atom is 1.00 e. The molecule has 4 atom stereocenters. The van der Waals surface area contributed by atoms with Crippen LogP contribution in [0.4, 0.5) is 5.69 Å². The van der Waals surface area contributed by atoms with Gasteiger partial charge in [-0.1, -0.05) is 241 Å². The predicted molar refractivity (Wildman–Crippen MR) is 556 cm³/mol. The van der Waals surface area contributed by atoms with Crippen molar-refractivity contribution in [2.45, 2.75) is 25.7 Å². The number of H-pyrrole nitrogens is 4. The number of nitrogens with zero attached hydrogens (tertiary/aromatic N) is 10. The Morgan fingerprint density at radius 2 is 0.585 bits per heavy atom. The second-order valence-electron chi connectivity index (χ2n) is 33.3. The van der Waals surface area contributed by atoms with E-state index in [-0.39, 0.29) is 116 Å². The SMILES string of the molecule is CP(=O)(O)Oc1cc(C#N)ccc1-c1cc(=O)[nH]c2c(-c3ccc(Cl)cc3)c(Cc3ccccc3)nn12.CP(=O)(O)Oc1ccccc1-c1cc(=O)[nH]c2c(-c3ccc(Cl)cc3)c(Cc3ccccc3)nn12.CP(=O)([O-])Oc1cc([N+](=O)[O-])ccc1-c1cc(=O)[nH]c2c(-c3ccc(Cl)cc3)c(Cc3ccccc3)nn12.CP(=O)([O-])Oc1ccccc1-c1cc(=O)[nH]c2c(-c3ccc(Cl)cc3)c(Cc3ccccc3)nn12.[Na+].[Na+]. The average molecular weight is 2140 g/mol. The molecule has 20 aromatic rings. The van der Waals surface area contributed by atoms with Crippen molar-refractivity contribution in [3.63, 3.8) is 0 Å². The average Bonchev–Trinajstić information content (AvgIpc) is 1.62. The number of nitro benzene ring substituents is 1. The number of nitrogens with one attached hydrogen (secondary N) is 4. The number of aromatic amines is 4. The van der Waals surface area contributed by atoms with E-state index in [4.69, 9.17) is 84.9 Å². The summed E-state index contributed by atoms with van der Waals surface area (Å²) in [7, 11) is -16.3. The van der Waals surface area contributed by atoms with Gasteiger partial charge in [0.15, 0.2) is 15.2 Å². The van der Waals surface area contributed by atoms with Crippen molar-refractivity contribution in [1.29, 1.82) is 5.26 Å². The van der Waals surface area contributed by atoms with Crippen molar-refractivity contribution < 1.29 is 120 Å². The minimum absolute atomic E-state index is 0. The molecule has 12 aromatic carbocycles. The molecule has 0 radical (unpaired) electrons. The first-order chi connectivity index (χ1) is 69.4. The van der Waals surface area contributed by atoms with Gasteiger partial charge in [0.1, 0.15) is 45.6 Å². The molecule has 0 saturated heterocycles.